The minimum absolute atomic E-state index is 0. The van der Waals surface area contributed by atoms with Gasteiger partial charge in [0, 0.05) is 13.4 Å². The van der Waals surface area contributed by atoms with Crippen molar-refractivity contribution in [3.05, 3.63) is 25.6 Å². The third kappa shape index (κ3) is 2.93. The Bertz CT molecular complexity index is 241. The first kappa shape index (κ1) is 11.8. The van der Waals surface area contributed by atoms with Gasteiger partial charge in [-0.05, 0) is 44.0 Å². The van der Waals surface area contributed by atoms with Crippen LogP contribution in [-0.2, 0) is 0 Å². The Morgan fingerprint density at radius 2 is 1.36 bits per heavy atom. The summed E-state index contributed by atoms with van der Waals surface area (Å²) in [6.07, 6.45) is 0. The van der Waals surface area contributed by atoms with Gasteiger partial charge in [-0.25, -0.2) is 0 Å². The van der Waals surface area contributed by atoms with Crippen LogP contribution in [0.3, 0.4) is 0 Å². The van der Waals surface area contributed by atoms with Crippen LogP contribution in [0, 0.1) is 0 Å². The molecule has 0 heterocycles. The molecule has 0 fully saturated rings. The summed E-state index contributed by atoms with van der Waals surface area (Å²) in [5, 5.41) is 0. The van der Waals surface area contributed by atoms with Gasteiger partial charge >= 0.3 is 0 Å². The fraction of sp³-hybridized carbons (Fsp3) is 0. The first-order valence-electron chi connectivity index (χ1n) is 2.51. The van der Waals surface area contributed by atoms with E-state index in [1.165, 1.54) is 0 Å². The van der Waals surface area contributed by atoms with Gasteiger partial charge in [0.15, 0.2) is 0 Å². The van der Waals surface area contributed by atoms with Gasteiger partial charge < -0.3 is 5.73 Å². The molecule has 1 rings (SSSR count). The molecular weight excluding hydrogens is 361 g/mol. The van der Waals surface area contributed by atoms with Crippen molar-refractivity contribution in [3.63, 3.8) is 0 Å². The van der Waals surface area contributed by atoms with E-state index in [1.54, 1.807) is 0 Å². The molecule has 0 spiro atoms. The first-order chi connectivity index (χ1) is 4.61. The van der Waals surface area contributed by atoms with Crippen LogP contribution >= 0.6 is 60.2 Å². The highest BCUT2D eigenvalue weighted by atomic mass is 79.9. The maximum atomic E-state index is 5.64. The molecule has 2 N–H and O–H groups in total. The molecule has 1 nitrogen and oxygen atoms in total. The van der Waals surface area contributed by atoms with Crippen LogP contribution in [0.25, 0.3) is 0 Å². The van der Waals surface area contributed by atoms with E-state index in [2.05, 4.69) is 47.8 Å². The standard InChI is InChI=1S/C6H4Br3N.ClH/c7-3-1-4(8)6(10)5(9)2-3;/h1-2H,10H2;1H. The zero-order valence-corrected chi connectivity index (χ0v) is 10.8. The zero-order chi connectivity index (χ0) is 7.72. The highest BCUT2D eigenvalue weighted by Gasteiger charge is 2.00. The molecule has 0 saturated carbocycles. The minimum Gasteiger partial charge on any atom is -0.397 e. The van der Waals surface area contributed by atoms with Crippen LogP contribution in [0.1, 0.15) is 0 Å². The molecule has 0 amide bonds. The van der Waals surface area contributed by atoms with Gasteiger partial charge in [-0.2, -0.15) is 0 Å². The predicted octanol–water partition coefficient (Wildman–Crippen LogP) is 3.98. The normalized spacial score (nSPS) is 9.00. The van der Waals surface area contributed by atoms with Crippen molar-refractivity contribution < 1.29 is 0 Å². The van der Waals surface area contributed by atoms with Crippen LogP contribution < -0.4 is 5.73 Å². The highest BCUT2D eigenvalue weighted by Crippen LogP contribution is 2.31. The van der Waals surface area contributed by atoms with E-state index < -0.39 is 0 Å². The lowest BCUT2D eigenvalue weighted by Gasteiger charge is -2.00. The van der Waals surface area contributed by atoms with Crippen LogP contribution in [0.4, 0.5) is 5.69 Å². The molecule has 1 aromatic rings. The van der Waals surface area contributed by atoms with Gasteiger partial charge in [-0.15, -0.1) is 12.4 Å². The van der Waals surface area contributed by atoms with Crippen molar-refractivity contribution >= 4 is 65.9 Å². The summed E-state index contributed by atoms with van der Waals surface area (Å²) in [6.45, 7) is 0. The Morgan fingerprint density at radius 1 is 1.00 bits per heavy atom. The van der Waals surface area contributed by atoms with Crippen molar-refractivity contribution in [2.45, 2.75) is 0 Å². The summed E-state index contributed by atoms with van der Waals surface area (Å²) in [6, 6.07) is 3.81. The van der Waals surface area contributed by atoms with Crippen molar-refractivity contribution in [3.8, 4) is 0 Å². The van der Waals surface area contributed by atoms with E-state index in [4.69, 9.17) is 5.73 Å². The number of rotatable bonds is 0. The zero-order valence-electron chi connectivity index (χ0n) is 5.27. The van der Waals surface area contributed by atoms with Gasteiger partial charge in [0.05, 0.1) is 5.69 Å². The van der Waals surface area contributed by atoms with E-state index in [0.29, 0.717) is 0 Å². The molecule has 0 radical (unpaired) electrons. The monoisotopic (exact) mass is 363 g/mol. The number of nitrogen functional groups attached to an aromatic ring is 1. The molecule has 0 unspecified atom stereocenters. The second-order valence-corrected chi connectivity index (χ2v) is 4.41. The predicted molar refractivity (Wildman–Crippen MR) is 61.2 cm³/mol. The van der Waals surface area contributed by atoms with Gasteiger partial charge in [0.2, 0.25) is 0 Å². The summed E-state index contributed by atoms with van der Waals surface area (Å²) in [5.74, 6) is 0. The smallest absolute Gasteiger partial charge is 0.0603 e. The van der Waals surface area contributed by atoms with E-state index in [1.807, 2.05) is 12.1 Å². The quantitative estimate of drug-likeness (QED) is 0.691. The van der Waals surface area contributed by atoms with E-state index >= 15 is 0 Å². The molecule has 1 aromatic carbocycles. The number of hydrogen-bond acceptors (Lipinski definition) is 1. The minimum atomic E-state index is 0. The fourth-order valence-corrected chi connectivity index (χ4v) is 2.81. The van der Waals surface area contributed by atoms with Crippen molar-refractivity contribution in [1.82, 2.24) is 0 Å². The number of hydrogen-bond donors (Lipinski definition) is 1. The summed E-state index contributed by atoms with van der Waals surface area (Å²) in [5.41, 5.74) is 6.36. The number of anilines is 1. The molecule has 62 valence electrons. The molecule has 0 aromatic heterocycles. The molecule has 0 aliphatic carbocycles. The molecule has 5 heteroatoms. The summed E-state index contributed by atoms with van der Waals surface area (Å²) >= 11 is 9.96. The van der Waals surface area contributed by atoms with E-state index in [0.717, 1.165) is 19.1 Å². The first-order valence-corrected chi connectivity index (χ1v) is 4.89. The fourth-order valence-electron chi connectivity index (χ4n) is 0.553. The highest BCUT2D eigenvalue weighted by molar-refractivity contribution is 9.11. The molecule has 0 atom stereocenters. The lowest BCUT2D eigenvalue weighted by Crippen LogP contribution is -1.87. The van der Waals surface area contributed by atoms with Gasteiger partial charge in [-0.1, -0.05) is 15.9 Å². The Morgan fingerprint density at radius 3 is 1.73 bits per heavy atom. The molecular formula is C6H5Br3ClN. The largest absolute Gasteiger partial charge is 0.397 e. The van der Waals surface area contributed by atoms with Crippen molar-refractivity contribution in [2.75, 3.05) is 5.73 Å². The summed E-state index contributed by atoms with van der Waals surface area (Å²) in [7, 11) is 0. The van der Waals surface area contributed by atoms with Crippen LogP contribution in [0.15, 0.2) is 25.6 Å². The van der Waals surface area contributed by atoms with Gasteiger partial charge in [0.1, 0.15) is 0 Å². The van der Waals surface area contributed by atoms with Crippen LogP contribution in [0.2, 0.25) is 0 Å². The van der Waals surface area contributed by atoms with Crippen LogP contribution in [-0.4, -0.2) is 0 Å². The number of benzene rings is 1. The Kier molecular flexibility index (Phi) is 5.02. The maximum Gasteiger partial charge on any atom is 0.0603 e. The summed E-state index contributed by atoms with van der Waals surface area (Å²) < 4.78 is 2.79. The third-order valence-electron chi connectivity index (χ3n) is 1.04. The molecule has 0 saturated heterocycles. The lowest BCUT2D eigenvalue weighted by molar-refractivity contribution is 1.55. The van der Waals surface area contributed by atoms with E-state index in [9.17, 15) is 0 Å². The Hall–Kier alpha value is 0.750. The SMILES string of the molecule is Cl.Nc1c(Br)cc(Br)cc1Br. The molecule has 0 aliphatic heterocycles. The molecule has 11 heavy (non-hydrogen) atoms. The molecule has 0 aliphatic rings. The average Bonchev–Trinajstić information content (AvgIpc) is 1.82. The second-order valence-electron chi connectivity index (χ2n) is 1.78. The second kappa shape index (κ2) is 4.70. The van der Waals surface area contributed by atoms with Crippen LogP contribution in [0.5, 0.6) is 0 Å². The maximum absolute atomic E-state index is 5.64. The number of halogens is 4. The third-order valence-corrected chi connectivity index (χ3v) is 2.81. The topological polar surface area (TPSA) is 26.0 Å². The van der Waals surface area contributed by atoms with E-state index in [-0.39, 0.29) is 12.4 Å². The van der Waals surface area contributed by atoms with Crippen molar-refractivity contribution in [1.29, 1.82) is 0 Å². The molecule has 0 bridgehead atoms. The van der Waals surface area contributed by atoms with Gasteiger partial charge in [0.25, 0.3) is 0 Å². The Labute approximate surface area is 96.5 Å². The van der Waals surface area contributed by atoms with Crippen molar-refractivity contribution in [2.24, 2.45) is 0 Å². The lowest BCUT2D eigenvalue weighted by atomic mass is 10.3. The Balaban J connectivity index is 0.000001000. The van der Waals surface area contributed by atoms with Gasteiger partial charge in [-0.3, -0.25) is 0 Å². The summed E-state index contributed by atoms with van der Waals surface area (Å²) in [4.78, 5) is 0. The number of nitrogens with two attached hydrogens (primary N) is 1. The average molecular weight is 366 g/mol.